The number of benzene rings is 1. The first kappa shape index (κ1) is 17.3. The highest BCUT2D eigenvalue weighted by molar-refractivity contribution is 7.92. The van der Waals surface area contributed by atoms with Crippen LogP contribution in [0.3, 0.4) is 0 Å². The maximum absolute atomic E-state index is 12.4. The Labute approximate surface area is 147 Å². The Balaban J connectivity index is 1.61. The van der Waals surface area contributed by atoms with Gasteiger partial charge in [0.1, 0.15) is 0 Å². The molecule has 1 fully saturated rings. The Hall–Kier alpha value is -2.51. The van der Waals surface area contributed by atoms with Gasteiger partial charge in [-0.05, 0) is 23.8 Å². The van der Waals surface area contributed by atoms with Gasteiger partial charge in [-0.3, -0.25) is 9.78 Å². The molecule has 2 aromatic rings. The number of rotatable bonds is 4. The average Bonchev–Trinajstić information content (AvgIpc) is 2.67. The van der Waals surface area contributed by atoms with Crippen molar-refractivity contribution in [3.8, 4) is 0 Å². The Morgan fingerprint density at radius 1 is 0.960 bits per heavy atom. The summed E-state index contributed by atoms with van der Waals surface area (Å²) in [4.78, 5) is 17.9. The van der Waals surface area contributed by atoms with Crippen LogP contribution in [0.2, 0.25) is 0 Å². The van der Waals surface area contributed by atoms with Gasteiger partial charge in [0.05, 0.1) is 0 Å². The lowest BCUT2D eigenvalue weighted by Gasteiger charge is -2.33. The van der Waals surface area contributed by atoms with E-state index >= 15 is 0 Å². The summed E-state index contributed by atoms with van der Waals surface area (Å²) in [7, 11) is -3.49. The topological polar surface area (TPSA) is 70.6 Å². The molecule has 1 amide bonds. The average molecular weight is 357 g/mol. The zero-order valence-corrected chi connectivity index (χ0v) is 14.5. The van der Waals surface area contributed by atoms with Crippen molar-refractivity contribution in [3.63, 3.8) is 0 Å². The number of hydrogen-bond donors (Lipinski definition) is 0. The van der Waals surface area contributed by atoms with Crippen LogP contribution in [0.4, 0.5) is 0 Å². The molecule has 1 aromatic carbocycles. The first-order valence-corrected chi connectivity index (χ1v) is 9.49. The summed E-state index contributed by atoms with van der Waals surface area (Å²) in [5.41, 5.74) is 1.40. The second-order valence-corrected chi connectivity index (χ2v) is 7.50. The van der Waals surface area contributed by atoms with Gasteiger partial charge in [0, 0.05) is 49.5 Å². The molecule has 0 spiro atoms. The predicted molar refractivity (Wildman–Crippen MR) is 96.1 cm³/mol. The Bertz CT molecular complexity index is 844. The van der Waals surface area contributed by atoms with Crippen LogP contribution in [-0.2, 0) is 10.0 Å². The van der Waals surface area contributed by atoms with E-state index in [1.807, 2.05) is 30.3 Å². The van der Waals surface area contributed by atoms with Crippen molar-refractivity contribution < 1.29 is 13.2 Å². The Morgan fingerprint density at radius 2 is 1.60 bits per heavy atom. The van der Waals surface area contributed by atoms with E-state index in [2.05, 4.69) is 4.98 Å². The molecule has 0 aliphatic carbocycles. The van der Waals surface area contributed by atoms with E-state index < -0.39 is 10.0 Å². The number of nitrogens with zero attached hydrogens (tertiary/aromatic N) is 3. The van der Waals surface area contributed by atoms with Crippen LogP contribution in [0.5, 0.6) is 0 Å². The van der Waals surface area contributed by atoms with Gasteiger partial charge in [0.25, 0.3) is 5.91 Å². The molecular weight excluding hydrogens is 338 g/mol. The van der Waals surface area contributed by atoms with Crippen molar-refractivity contribution in [3.05, 3.63) is 71.4 Å². The molecule has 3 rings (SSSR count). The van der Waals surface area contributed by atoms with Crippen LogP contribution in [0.1, 0.15) is 15.9 Å². The van der Waals surface area contributed by atoms with E-state index in [9.17, 15) is 13.2 Å². The third kappa shape index (κ3) is 4.32. The third-order valence-corrected chi connectivity index (χ3v) is 5.61. The maximum Gasteiger partial charge on any atom is 0.254 e. The normalized spacial score (nSPS) is 16.2. The van der Waals surface area contributed by atoms with E-state index in [4.69, 9.17) is 0 Å². The number of carbonyl (C=O) groups excluding carboxylic acids is 1. The quantitative estimate of drug-likeness (QED) is 0.837. The van der Waals surface area contributed by atoms with Gasteiger partial charge in [-0.2, -0.15) is 4.31 Å². The summed E-state index contributed by atoms with van der Waals surface area (Å²) in [5.74, 6) is -0.0979. The van der Waals surface area contributed by atoms with Crippen LogP contribution >= 0.6 is 0 Å². The van der Waals surface area contributed by atoms with E-state index in [-0.39, 0.29) is 19.0 Å². The zero-order valence-electron chi connectivity index (χ0n) is 13.7. The van der Waals surface area contributed by atoms with Crippen LogP contribution in [0, 0.1) is 0 Å². The van der Waals surface area contributed by atoms with Gasteiger partial charge in [-0.25, -0.2) is 8.42 Å². The maximum atomic E-state index is 12.4. The van der Waals surface area contributed by atoms with Gasteiger partial charge >= 0.3 is 0 Å². The molecule has 1 aliphatic heterocycles. The van der Waals surface area contributed by atoms with Crippen molar-refractivity contribution in [2.75, 3.05) is 26.2 Å². The second-order valence-electron chi connectivity index (χ2n) is 5.69. The molecule has 0 atom stereocenters. The molecule has 1 saturated heterocycles. The van der Waals surface area contributed by atoms with Crippen molar-refractivity contribution in [2.24, 2.45) is 0 Å². The van der Waals surface area contributed by atoms with E-state index in [0.717, 1.165) is 5.56 Å². The molecule has 25 heavy (non-hydrogen) atoms. The minimum absolute atomic E-state index is 0.0979. The number of sulfonamides is 1. The van der Waals surface area contributed by atoms with Crippen molar-refractivity contribution in [2.45, 2.75) is 0 Å². The zero-order chi connectivity index (χ0) is 17.7. The van der Waals surface area contributed by atoms with E-state index in [1.54, 1.807) is 35.5 Å². The lowest BCUT2D eigenvalue weighted by molar-refractivity contribution is 0.0698. The minimum atomic E-state index is -3.49. The van der Waals surface area contributed by atoms with Crippen molar-refractivity contribution in [1.29, 1.82) is 0 Å². The van der Waals surface area contributed by atoms with Crippen LogP contribution in [-0.4, -0.2) is 54.7 Å². The number of hydrogen-bond acceptors (Lipinski definition) is 4. The number of aromatic nitrogens is 1. The molecule has 0 unspecified atom stereocenters. The highest BCUT2D eigenvalue weighted by atomic mass is 32.2. The van der Waals surface area contributed by atoms with E-state index in [0.29, 0.717) is 18.7 Å². The van der Waals surface area contributed by atoms with Crippen LogP contribution in [0.25, 0.3) is 6.08 Å². The molecule has 7 heteroatoms. The first-order valence-electron chi connectivity index (χ1n) is 7.99. The fourth-order valence-electron chi connectivity index (χ4n) is 2.64. The standard InChI is InChI=1S/C18H19N3O3S/c22-18(17-6-9-19-10-7-17)20-11-13-21(14-12-20)25(23,24)15-8-16-4-2-1-3-5-16/h1-10,15H,11-14H2. The molecule has 6 nitrogen and oxygen atoms in total. The molecule has 0 bridgehead atoms. The number of amides is 1. The fraction of sp³-hybridized carbons (Fsp3) is 0.222. The minimum Gasteiger partial charge on any atom is -0.336 e. The van der Waals surface area contributed by atoms with Gasteiger partial charge < -0.3 is 4.90 Å². The van der Waals surface area contributed by atoms with E-state index in [1.165, 1.54) is 9.71 Å². The molecule has 1 aliphatic rings. The molecule has 130 valence electrons. The molecule has 2 heterocycles. The summed E-state index contributed by atoms with van der Waals surface area (Å²) in [5, 5.41) is 1.22. The Kier molecular flexibility index (Phi) is 5.25. The predicted octanol–water partition coefficient (Wildman–Crippen LogP) is 1.84. The molecule has 0 saturated carbocycles. The first-order chi connectivity index (χ1) is 12.1. The summed E-state index contributed by atoms with van der Waals surface area (Å²) in [6.45, 7) is 1.33. The highest BCUT2D eigenvalue weighted by Gasteiger charge is 2.27. The summed E-state index contributed by atoms with van der Waals surface area (Å²) >= 11 is 0. The monoisotopic (exact) mass is 357 g/mol. The Morgan fingerprint density at radius 3 is 2.24 bits per heavy atom. The number of carbonyl (C=O) groups is 1. The SMILES string of the molecule is O=C(c1ccncc1)N1CCN(S(=O)(=O)C=Cc2ccccc2)CC1. The fourth-order valence-corrected chi connectivity index (χ4v) is 3.81. The summed E-state index contributed by atoms with van der Waals surface area (Å²) in [6, 6.07) is 12.6. The summed E-state index contributed by atoms with van der Waals surface area (Å²) in [6.07, 6.45) is 4.73. The molecule has 0 radical (unpaired) electrons. The molecule has 1 aromatic heterocycles. The molecule has 0 N–H and O–H groups in total. The second kappa shape index (κ2) is 7.58. The number of pyridine rings is 1. The van der Waals surface area contributed by atoms with Crippen molar-refractivity contribution in [1.82, 2.24) is 14.2 Å². The number of piperazine rings is 1. The van der Waals surface area contributed by atoms with Crippen LogP contribution < -0.4 is 0 Å². The summed E-state index contributed by atoms with van der Waals surface area (Å²) < 4.78 is 26.3. The smallest absolute Gasteiger partial charge is 0.254 e. The lowest BCUT2D eigenvalue weighted by Crippen LogP contribution is -2.50. The highest BCUT2D eigenvalue weighted by Crippen LogP contribution is 2.13. The van der Waals surface area contributed by atoms with Gasteiger partial charge in [-0.1, -0.05) is 30.3 Å². The van der Waals surface area contributed by atoms with Gasteiger partial charge in [0.15, 0.2) is 0 Å². The van der Waals surface area contributed by atoms with Crippen LogP contribution in [0.15, 0.2) is 60.3 Å². The largest absolute Gasteiger partial charge is 0.336 e. The van der Waals surface area contributed by atoms with Gasteiger partial charge in [-0.15, -0.1) is 0 Å². The van der Waals surface area contributed by atoms with Crippen molar-refractivity contribution >= 4 is 22.0 Å². The lowest BCUT2D eigenvalue weighted by atomic mass is 10.2. The van der Waals surface area contributed by atoms with Gasteiger partial charge in [0.2, 0.25) is 10.0 Å². The molecular formula is C18H19N3O3S. The third-order valence-electron chi connectivity index (χ3n) is 4.05.